The smallest absolute Gasteiger partial charge is 0.224 e. The summed E-state index contributed by atoms with van der Waals surface area (Å²) < 4.78 is 5.99. The van der Waals surface area contributed by atoms with Gasteiger partial charge in [-0.25, -0.2) is 0 Å². The second-order valence-corrected chi connectivity index (χ2v) is 11.1. The van der Waals surface area contributed by atoms with Gasteiger partial charge in [0.1, 0.15) is 0 Å². The fourth-order valence-corrected chi connectivity index (χ4v) is 6.39. The summed E-state index contributed by atoms with van der Waals surface area (Å²) in [6.07, 6.45) is 8.43. The SMILES string of the molecule is CC.CC.CC(C)n1c2c(c3cc(NC(=O)CCCCCNSc4cccc5ccccc45)ccc31)CCCC2. The quantitative estimate of drug-likeness (QED) is 0.150. The Morgan fingerprint density at radius 3 is 2.42 bits per heavy atom. The van der Waals surface area contributed by atoms with Gasteiger partial charge in [-0.3, -0.25) is 9.52 Å². The molecule has 0 spiro atoms. The zero-order valence-corrected chi connectivity index (χ0v) is 26.3. The van der Waals surface area contributed by atoms with Crippen LogP contribution in [0.2, 0.25) is 0 Å². The molecular weight excluding hydrogens is 510 g/mol. The molecule has 0 saturated heterocycles. The standard InChI is InChI=1S/C31H37N3OS.2C2H6/c1-22(2)34-28-15-8-7-14-26(28)27-21-24(18-19-29(27)34)33-31(35)17-4-3-9-20-32-36-30-16-10-12-23-11-5-6-13-25(23)30;2*1-2/h5-6,10-13,16,18-19,21-22,32H,3-4,7-9,14-15,17,20H2,1-2H3,(H,33,35);2*1-2H3. The van der Waals surface area contributed by atoms with Crippen LogP contribution in [0.15, 0.2) is 65.6 Å². The Morgan fingerprint density at radius 1 is 0.875 bits per heavy atom. The Hall–Kier alpha value is -2.76. The van der Waals surface area contributed by atoms with Crippen LogP contribution in [-0.4, -0.2) is 17.0 Å². The van der Waals surface area contributed by atoms with E-state index in [2.05, 4.69) is 89.1 Å². The van der Waals surface area contributed by atoms with E-state index in [1.54, 1.807) is 11.9 Å². The van der Waals surface area contributed by atoms with Crippen molar-refractivity contribution in [2.75, 3.05) is 11.9 Å². The normalized spacial score (nSPS) is 12.4. The third kappa shape index (κ3) is 7.92. The number of carbonyl (C=O) groups is 1. The van der Waals surface area contributed by atoms with E-state index < -0.39 is 0 Å². The molecule has 1 aliphatic rings. The van der Waals surface area contributed by atoms with E-state index in [1.165, 1.54) is 57.1 Å². The lowest BCUT2D eigenvalue weighted by Crippen LogP contribution is -2.11. The fourth-order valence-electron chi connectivity index (χ4n) is 5.54. The third-order valence-electron chi connectivity index (χ3n) is 7.23. The van der Waals surface area contributed by atoms with Gasteiger partial charge in [-0.05, 0) is 105 Å². The Bertz CT molecular complexity index is 1350. The van der Waals surface area contributed by atoms with Crippen molar-refractivity contribution in [3.05, 3.63) is 71.9 Å². The number of hydrogen-bond donors (Lipinski definition) is 2. The number of hydrogen-bond acceptors (Lipinski definition) is 3. The minimum atomic E-state index is 0.115. The first kappa shape index (κ1) is 31.8. The van der Waals surface area contributed by atoms with Gasteiger partial charge in [-0.15, -0.1) is 0 Å². The highest BCUT2D eigenvalue weighted by molar-refractivity contribution is 7.97. The van der Waals surface area contributed by atoms with Crippen molar-refractivity contribution in [1.29, 1.82) is 0 Å². The number of rotatable bonds is 10. The van der Waals surface area contributed by atoms with E-state index >= 15 is 0 Å². The molecule has 1 aliphatic carbocycles. The lowest BCUT2D eigenvalue weighted by atomic mass is 9.95. The van der Waals surface area contributed by atoms with Crippen LogP contribution < -0.4 is 10.0 Å². The van der Waals surface area contributed by atoms with Crippen molar-refractivity contribution >= 4 is 45.2 Å². The molecule has 0 fully saturated rings. The third-order valence-corrected chi connectivity index (χ3v) is 8.15. The molecule has 5 rings (SSSR count). The number of benzene rings is 3. The summed E-state index contributed by atoms with van der Waals surface area (Å²) in [5.41, 5.74) is 5.23. The number of unbranched alkanes of at least 4 members (excludes halogenated alkanes) is 2. The molecular formula is C35H49N3OS. The number of carbonyl (C=O) groups excluding carboxylic acids is 1. The van der Waals surface area contributed by atoms with E-state index in [1.807, 2.05) is 27.7 Å². The van der Waals surface area contributed by atoms with Gasteiger partial charge in [-0.1, -0.05) is 70.5 Å². The average molecular weight is 560 g/mol. The second-order valence-electron chi connectivity index (χ2n) is 10.2. The zero-order chi connectivity index (χ0) is 28.9. The van der Waals surface area contributed by atoms with E-state index in [4.69, 9.17) is 0 Å². The molecule has 1 aromatic heterocycles. The first-order valence-electron chi connectivity index (χ1n) is 15.4. The van der Waals surface area contributed by atoms with Crippen LogP contribution in [0.5, 0.6) is 0 Å². The highest BCUT2D eigenvalue weighted by Crippen LogP contribution is 2.36. The van der Waals surface area contributed by atoms with E-state index in [0.29, 0.717) is 12.5 Å². The van der Waals surface area contributed by atoms with Gasteiger partial charge in [0.05, 0.1) is 0 Å². The monoisotopic (exact) mass is 559 g/mol. The highest BCUT2D eigenvalue weighted by Gasteiger charge is 2.21. The number of nitrogens with one attached hydrogen (secondary N) is 2. The summed E-state index contributed by atoms with van der Waals surface area (Å²) in [6, 6.07) is 21.8. The molecule has 0 atom stereocenters. The van der Waals surface area contributed by atoms with Crippen molar-refractivity contribution in [2.24, 2.45) is 0 Å². The highest BCUT2D eigenvalue weighted by atomic mass is 32.2. The molecule has 2 N–H and O–H groups in total. The van der Waals surface area contributed by atoms with Crippen LogP contribution in [-0.2, 0) is 17.6 Å². The summed E-state index contributed by atoms with van der Waals surface area (Å²) in [7, 11) is 0. The minimum absolute atomic E-state index is 0.115. The molecule has 4 aromatic rings. The molecule has 1 heterocycles. The Balaban J connectivity index is 0.00000106. The van der Waals surface area contributed by atoms with Crippen molar-refractivity contribution in [1.82, 2.24) is 9.29 Å². The van der Waals surface area contributed by atoms with Gasteiger partial charge in [0, 0.05) is 46.2 Å². The first-order chi connectivity index (χ1) is 19.6. The van der Waals surface area contributed by atoms with Crippen LogP contribution in [0, 0.1) is 0 Å². The van der Waals surface area contributed by atoms with Crippen LogP contribution in [0.1, 0.15) is 97.4 Å². The lowest BCUT2D eigenvalue weighted by Gasteiger charge is -2.18. The number of amides is 1. The topological polar surface area (TPSA) is 46.1 Å². The lowest BCUT2D eigenvalue weighted by molar-refractivity contribution is -0.116. The van der Waals surface area contributed by atoms with Crippen molar-refractivity contribution < 1.29 is 4.79 Å². The van der Waals surface area contributed by atoms with Crippen molar-refractivity contribution in [3.8, 4) is 0 Å². The fraction of sp³-hybridized carbons (Fsp3) is 0.457. The maximum absolute atomic E-state index is 12.6. The minimum Gasteiger partial charge on any atom is -0.342 e. The molecule has 0 radical (unpaired) electrons. The number of fused-ring (bicyclic) bond motifs is 4. The summed E-state index contributed by atoms with van der Waals surface area (Å²) in [5, 5.41) is 7.03. The number of aromatic nitrogens is 1. The molecule has 0 saturated carbocycles. The van der Waals surface area contributed by atoms with E-state index in [9.17, 15) is 4.79 Å². The predicted octanol–water partition coefficient (Wildman–Crippen LogP) is 10.1. The summed E-state index contributed by atoms with van der Waals surface area (Å²) in [5.74, 6) is 0.115. The number of nitrogens with zero attached hydrogens (tertiary/aromatic N) is 1. The van der Waals surface area contributed by atoms with Gasteiger partial charge >= 0.3 is 0 Å². The number of aryl methyl sites for hydroxylation is 1. The van der Waals surface area contributed by atoms with Crippen LogP contribution in [0.3, 0.4) is 0 Å². The van der Waals surface area contributed by atoms with E-state index in [0.717, 1.165) is 37.9 Å². The Labute approximate surface area is 246 Å². The van der Waals surface area contributed by atoms with Gasteiger partial charge in [-0.2, -0.15) is 0 Å². The summed E-state index contributed by atoms with van der Waals surface area (Å²) in [6.45, 7) is 13.5. The molecule has 5 heteroatoms. The van der Waals surface area contributed by atoms with Crippen LogP contribution >= 0.6 is 11.9 Å². The van der Waals surface area contributed by atoms with Gasteiger partial charge < -0.3 is 9.88 Å². The molecule has 0 bridgehead atoms. The largest absolute Gasteiger partial charge is 0.342 e. The molecule has 4 nitrogen and oxygen atoms in total. The van der Waals surface area contributed by atoms with Crippen LogP contribution in [0.4, 0.5) is 5.69 Å². The van der Waals surface area contributed by atoms with Gasteiger partial charge in [0.25, 0.3) is 0 Å². The maximum Gasteiger partial charge on any atom is 0.224 e. The van der Waals surface area contributed by atoms with Gasteiger partial charge in [0.2, 0.25) is 5.91 Å². The summed E-state index contributed by atoms with van der Waals surface area (Å²) >= 11 is 1.70. The molecule has 3 aromatic carbocycles. The molecule has 40 heavy (non-hydrogen) atoms. The Morgan fingerprint density at radius 2 is 1.62 bits per heavy atom. The van der Waals surface area contributed by atoms with Crippen molar-refractivity contribution in [3.63, 3.8) is 0 Å². The predicted molar refractivity (Wildman–Crippen MR) is 177 cm³/mol. The molecule has 1 amide bonds. The van der Waals surface area contributed by atoms with Crippen molar-refractivity contribution in [2.45, 2.75) is 104 Å². The first-order valence-corrected chi connectivity index (χ1v) is 16.3. The van der Waals surface area contributed by atoms with E-state index in [-0.39, 0.29) is 5.91 Å². The Kier molecular flexibility index (Phi) is 13.1. The second kappa shape index (κ2) is 16.5. The maximum atomic E-state index is 12.6. The van der Waals surface area contributed by atoms with Gasteiger partial charge in [0.15, 0.2) is 0 Å². The average Bonchev–Trinajstić information content (AvgIpc) is 3.33. The molecule has 216 valence electrons. The zero-order valence-electron chi connectivity index (χ0n) is 25.5. The molecule has 0 aliphatic heterocycles. The van der Waals surface area contributed by atoms with Crippen LogP contribution in [0.25, 0.3) is 21.7 Å². The molecule has 0 unspecified atom stereocenters. The summed E-state index contributed by atoms with van der Waals surface area (Å²) in [4.78, 5) is 13.9. The number of anilines is 1.